The fourth-order valence-corrected chi connectivity index (χ4v) is 2.67. The zero-order chi connectivity index (χ0) is 14.8. The first-order valence-electron chi connectivity index (χ1n) is 5.53. The molecule has 0 saturated heterocycles. The Morgan fingerprint density at radius 2 is 1.89 bits per heavy atom. The second kappa shape index (κ2) is 5.83. The summed E-state index contributed by atoms with van der Waals surface area (Å²) < 4.78 is 38.2. The zero-order valence-electron chi connectivity index (χ0n) is 10.4. The molecule has 0 radical (unpaired) electrons. The monoisotopic (exact) mass is 356 g/mol. The van der Waals surface area contributed by atoms with Gasteiger partial charge in [0.15, 0.2) is 0 Å². The van der Waals surface area contributed by atoms with Crippen LogP contribution in [0.3, 0.4) is 0 Å². The number of halogens is 5. The van der Waals surface area contributed by atoms with Crippen LogP contribution in [0, 0.1) is 5.41 Å². The highest BCUT2D eigenvalue weighted by Crippen LogP contribution is 2.36. The highest BCUT2D eigenvalue weighted by Gasteiger charge is 2.34. The van der Waals surface area contributed by atoms with Crippen LogP contribution >= 0.6 is 27.5 Å². The van der Waals surface area contributed by atoms with Gasteiger partial charge < -0.3 is 0 Å². The molecule has 1 rings (SSSR count). The summed E-state index contributed by atoms with van der Waals surface area (Å²) >= 11 is 8.62. The van der Waals surface area contributed by atoms with E-state index < -0.39 is 17.2 Å². The van der Waals surface area contributed by atoms with E-state index in [0.717, 1.165) is 6.07 Å². The van der Waals surface area contributed by atoms with Crippen molar-refractivity contribution in [2.75, 3.05) is 5.33 Å². The minimum absolute atomic E-state index is 0.0593. The van der Waals surface area contributed by atoms with E-state index in [-0.39, 0.29) is 22.6 Å². The van der Waals surface area contributed by atoms with Crippen LogP contribution in [0.5, 0.6) is 0 Å². The molecule has 0 fully saturated rings. The fraction of sp³-hybridized carbons (Fsp3) is 0.462. The first kappa shape index (κ1) is 16.5. The topological polar surface area (TPSA) is 17.1 Å². The molecule has 1 nitrogen and oxygen atoms in total. The molecule has 19 heavy (non-hydrogen) atoms. The van der Waals surface area contributed by atoms with E-state index in [2.05, 4.69) is 15.9 Å². The molecule has 6 heteroatoms. The number of ketones is 1. The molecule has 106 valence electrons. The lowest BCUT2D eigenvalue weighted by molar-refractivity contribution is -0.137. The van der Waals surface area contributed by atoms with Crippen LogP contribution in [0.2, 0.25) is 5.02 Å². The summed E-state index contributed by atoms with van der Waals surface area (Å²) in [6.45, 7) is 3.41. The summed E-state index contributed by atoms with van der Waals surface area (Å²) in [5.74, 6) is -0.0593. The molecule has 1 aromatic rings. The van der Waals surface area contributed by atoms with Crippen LogP contribution in [0.15, 0.2) is 18.2 Å². The van der Waals surface area contributed by atoms with Crippen molar-refractivity contribution in [2.24, 2.45) is 5.41 Å². The number of hydrogen-bond acceptors (Lipinski definition) is 1. The predicted octanol–water partition coefficient (Wildman–Crippen LogP) is 4.89. The minimum Gasteiger partial charge on any atom is -0.298 e. The largest absolute Gasteiger partial charge is 0.417 e. The lowest BCUT2D eigenvalue weighted by atomic mass is 9.82. The van der Waals surface area contributed by atoms with E-state index in [1.54, 1.807) is 13.8 Å². The highest BCUT2D eigenvalue weighted by molar-refractivity contribution is 9.09. The Balaban J connectivity index is 3.08. The summed E-state index contributed by atoms with van der Waals surface area (Å²) in [6, 6.07) is 3.74. The van der Waals surface area contributed by atoms with Crippen LogP contribution in [0.25, 0.3) is 0 Å². The molecule has 0 aromatic heterocycles. The average Bonchev–Trinajstić information content (AvgIpc) is 2.28. The van der Waals surface area contributed by atoms with Gasteiger partial charge in [0.25, 0.3) is 0 Å². The summed E-state index contributed by atoms with van der Waals surface area (Å²) in [6.07, 6.45) is -4.26. The highest BCUT2D eigenvalue weighted by atomic mass is 79.9. The Labute approximate surface area is 123 Å². The summed E-state index contributed by atoms with van der Waals surface area (Å²) in [5.41, 5.74) is -1.15. The van der Waals surface area contributed by atoms with Gasteiger partial charge in [0.05, 0.1) is 15.9 Å². The van der Waals surface area contributed by atoms with E-state index in [1.165, 1.54) is 12.1 Å². The summed E-state index contributed by atoms with van der Waals surface area (Å²) in [7, 11) is 0. The Kier molecular flexibility index (Phi) is 5.07. The van der Waals surface area contributed by atoms with Crippen LogP contribution < -0.4 is 0 Å². The van der Waals surface area contributed by atoms with E-state index in [1.807, 2.05) is 0 Å². The first-order valence-corrected chi connectivity index (χ1v) is 7.03. The summed E-state index contributed by atoms with van der Waals surface area (Å²) in [5, 5.41) is -0.152. The van der Waals surface area contributed by atoms with Gasteiger partial charge in [-0.1, -0.05) is 47.4 Å². The van der Waals surface area contributed by atoms with Crippen LogP contribution in [0.4, 0.5) is 13.2 Å². The van der Waals surface area contributed by atoms with E-state index in [0.29, 0.717) is 5.56 Å². The molecular formula is C13H13BrClF3O. The van der Waals surface area contributed by atoms with Crippen molar-refractivity contribution in [3.63, 3.8) is 0 Å². The molecule has 0 bridgehead atoms. The normalized spacial score (nSPS) is 12.6. The van der Waals surface area contributed by atoms with Crippen LogP contribution in [-0.2, 0) is 17.4 Å². The van der Waals surface area contributed by atoms with Crippen molar-refractivity contribution in [3.05, 3.63) is 34.3 Å². The van der Waals surface area contributed by atoms with Gasteiger partial charge in [-0.15, -0.1) is 0 Å². The quantitative estimate of drug-likeness (QED) is 0.701. The zero-order valence-corrected chi connectivity index (χ0v) is 12.8. The molecule has 0 heterocycles. The smallest absolute Gasteiger partial charge is 0.298 e. The Morgan fingerprint density at radius 3 is 2.37 bits per heavy atom. The van der Waals surface area contributed by atoms with Crippen molar-refractivity contribution in [3.8, 4) is 0 Å². The molecule has 0 N–H and O–H groups in total. The summed E-state index contributed by atoms with van der Waals surface area (Å²) in [4.78, 5) is 11.7. The number of benzene rings is 1. The second-order valence-electron chi connectivity index (χ2n) is 4.93. The van der Waals surface area contributed by atoms with Gasteiger partial charge in [-0.2, -0.15) is 13.2 Å². The molecule has 1 aromatic carbocycles. The minimum atomic E-state index is -4.49. The van der Waals surface area contributed by atoms with Crippen molar-refractivity contribution in [1.29, 1.82) is 0 Å². The predicted molar refractivity (Wildman–Crippen MR) is 72.7 cm³/mol. The van der Waals surface area contributed by atoms with Crippen molar-refractivity contribution in [1.82, 2.24) is 0 Å². The average molecular weight is 358 g/mol. The third-order valence-electron chi connectivity index (χ3n) is 2.86. The number of hydrogen-bond donors (Lipinski definition) is 0. The third-order valence-corrected chi connectivity index (χ3v) is 3.70. The Bertz CT molecular complexity index is 483. The fourth-order valence-electron chi connectivity index (χ4n) is 1.69. The lowest BCUT2D eigenvalue weighted by Crippen LogP contribution is -2.27. The number of carbonyl (C=O) groups is 1. The lowest BCUT2D eigenvalue weighted by Gasteiger charge is -2.22. The van der Waals surface area contributed by atoms with Crippen molar-refractivity contribution in [2.45, 2.75) is 26.4 Å². The van der Waals surface area contributed by atoms with Gasteiger partial charge >= 0.3 is 6.18 Å². The number of alkyl halides is 4. The second-order valence-corrected chi connectivity index (χ2v) is 5.90. The van der Waals surface area contributed by atoms with Crippen LogP contribution in [-0.4, -0.2) is 11.1 Å². The van der Waals surface area contributed by atoms with E-state index in [9.17, 15) is 18.0 Å². The SMILES string of the molecule is CC(C)(Cc1ccc(Cl)c(C(F)(F)F)c1)C(=O)CBr. The first-order chi connectivity index (χ1) is 8.58. The van der Waals surface area contributed by atoms with Crippen molar-refractivity contribution >= 4 is 33.3 Å². The van der Waals surface area contributed by atoms with Gasteiger partial charge in [-0.25, -0.2) is 0 Å². The van der Waals surface area contributed by atoms with E-state index >= 15 is 0 Å². The molecule has 0 saturated carbocycles. The molecule has 0 atom stereocenters. The molecule has 0 spiro atoms. The van der Waals surface area contributed by atoms with Crippen LogP contribution in [0.1, 0.15) is 25.0 Å². The van der Waals surface area contributed by atoms with Gasteiger partial charge in [0.2, 0.25) is 0 Å². The number of Topliss-reactive ketones (excluding diaryl/α,β-unsaturated/α-hetero) is 1. The maximum Gasteiger partial charge on any atom is 0.417 e. The maximum atomic E-state index is 12.7. The number of carbonyl (C=O) groups excluding carboxylic acids is 1. The molecule has 0 unspecified atom stereocenters. The van der Waals surface area contributed by atoms with Gasteiger partial charge in [-0.05, 0) is 24.1 Å². The Morgan fingerprint density at radius 1 is 1.32 bits per heavy atom. The molecule has 0 aliphatic carbocycles. The maximum absolute atomic E-state index is 12.7. The van der Waals surface area contributed by atoms with Gasteiger partial charge in [0.1, 0.15) is 5.78 Å². The van der Waals surface area contributed by atoms with E-state index in [4.69, 9.17) is 11.6 Å². The Hall–Kier alpha value is -0.550. The molecule has 0 aliphatic heterocycles. The molecule has 0 aliphatic rings. The third kappa shape index (κ3) is 4.21. The van der Waals surface area contributed by atoms with Gasteiger partial charge in [-0.3, -0.25) is 4.79 Å². The number of rotatable bonds is 4. The molecular weight excluding hydrogens is 344 g/mol. The van der Waals surface area contributed by atoms with Crippen molar-refractivity contribution < 1.29 is 18.0 Å². The standard InChI is InChI=1S/C13H13BrClF3O/c1-12(2,11(19)7-14)6-8-3-4-10(15)9(5-8)13(16,17)18/h3-5H,6-7H2,1-2H3. The van der Waals surface area contributed by atoms with Gasteiger partial charge in [0, 0.05) is 5.41 Å². The molecule has 0 amide bonds.